The Labute approximate surface area is 79.3 Å². The SMILES string of the molecule is CCC(C)Cn1nnnc1C(C)C. The minimum atomic E-state index is 0.402. The Bertz CT molecular complexity index is 254. The Hall–Kier alpha value is -0.930. The Morgan fingerprint density at radius 1 is 1.31 bits per heavy atom. The molecule has 0 aromatic carbocycles. The van der Waals surface area contributed by atoms with Gasteiger partial charge in [-0.25, -0.2) is 4.68 Å². The van der Waals surface area contributed by atoms with Crippen molar-refractivity contribution in [2.45, 2.75) is 46.6 Å². The molecule has 0 bridgehead atoms. The standard InChI is InChI=1S/C9H18N4/c1-5-8(4)6-13-9(7(2)3)10-11-12-13/h7-8H,5-6H2,1-4H3. The molecule has 1 rings (SSSR count). The van der Waals surface area contributed by atoms with E-state index in [4.69, 9.17) is 0 Å². The van der Waals surface area contributed by atoms with Crippen LogP contribution in [-0.4, -0.2) is 20.2 Å². The monoisotopic (exact) mass is 182 g/mol. The number of aromatic nitrogens is 4. The van der Waals surface area contributed by atoms with Crippen LogP contribution in [0.25, 0.3) is 0 Å². The third-order valence-corrected chi connectivity index (χ3v) is 2.26. The second-order valence-electron chi connectivity index (χ2n) is 3.89. The summed E-state index contributed by atoms with van der Waals surface area (Å²) in [5, 5.41) is 11.7. The molecule has 0 fully saturated rings. The summed E-state index contributed by atoms with van der Waals surface area (Å²) in [6.07, 6.45) is 1.16. The summed E-state index contributed by atoms with van der Waals surface area (Å²) >= 11 is 0. The van der Waals surface area contributed by atoms with E-state index in [1.165, 1.54) is 0 Å². The van der Waals surface area contributed by atoms with Crippen molar-refractivity contribution in [3.8, 4) is 0 Å². The molecule has 0 N–H and O–H groups in total. The van der Waals surface area contributed by atoms with Crippen molar-refractivity contribution in [2.24, 2.45) is 5.92 Å². The molecule has 0 radical (unpaired) electrons. The van der Waals surface area contributed by atoms with E-state index in [9.17, 15) is 0 Å². The van der Waals surface area contributed by atoms with Crippen LogP contribution in [0.15, 0.2) is 0 Å². The van der Waals surface area contributed by atoms with Crippen LogP contribution in [0.1, 0.15) is 45.9 Å². The Balaban J connectivity index is 2.70. The number of hydrogen-bond acceptors (Lipinski definition) is 3. The lowest BCUT2D eigenvalue weighted by Gasteiger charge is -2.10. The molecule has 1 unspecified atom stereocenters. The molecule has 4 heteroatoms. The molecular weight excluding hydrogens is 164 g/mol. The molecule has 1 aromatic heterocycles. The molecule has 1 heterocycles. The third-order valence-electron chi connectivity index (χ3n) is 2.26. The zero-order chi connectivity index (χ0) is 9.84. The lowest BCUT2D eigenvalue weighted by atomic mass is 10.1. The van der Waals surface area contributed by atoms with Crippen molar-refractivity contribution in [1.29, 1.82) is 0 Å². The molecule has 0 amide bonds. The van der Waals surface area contributed by atoms with Gasteiger partial charge in [-0.15, -0.1) is 5.10 Å². The molecule has 1 atom stereocenters. The molecular formula is C9H18N4. The molecule has 0 aliphatic rings. The van der Waals surface area contributed by atoms with E-state index in [0.29, 0.717) is 11.8 Å². The van der Waals surface area contributed by atoms with Gasteiger partial charge in [0.25, 0.3) is 0 Å². The van der Waals surface area contributed by atoms with Crippen LogP contribution >= 0.6 is 0 Å². The summed E-state index contributed by atoms with van der Waals surface area (Å²) in [6, 6.07) is 0. The Kier molecular flexibility index (Phi) is 3.39. The summed E-state index contributed by atoms with van der Waals surface area (Å²) in [7, 11) is 0. The molecule has 74 valence electrons. The predicted molar refractivity (Wildman–Crippen MR) is 51.4 cm³/mol. The largest absolute Gasteiger partial charge is 0.229 e. The van der Waals surface area contributed by atoms with Crippen molar-refractivity contribution in [1.82, 2.24) is 20.2 Å². The summed E-state index contributed by atoms with van der Waals surface area (Å²) in [4.78, 5) is 0. The average molecular weight is 182 g/mol. The van der Waals surface area contributed by atoms with Crippen LogP contribution in [0, 0.1) is 5.92 Å². The van der Waals surface area contributed by atoms with Gasteiger partial charge in [-0.3, -0.25) is 0 Å². The van der Waals surface area contributed by atoms with E-state index >= 15 is 0 Å². The maximum absolute atomic E-state index is 4.00. The van der Waals surface area contributed by atoms with Gasteiger partial charge in [0.05, 0.1) is 0 Å². The van der Waals surface area contributed by atoms with Gasteiger partial charge in [-0.05, 0) is 16.3 Å². The fourth-order valence-electron chi connectivity index (χ4n) is 1.18. The van der Waals surface area contributed by atoms with Gasteiger partial charge in [0.1, 0.15) is 0 Å². The highest BCUT2D eigenvalue weighted by Crippen LogP contribution is 2.11. The van der Waals surface area contributed by atoms with Crippen LogP contribution in [0.4, 0.5) is 0 Å². The van der Waals surface area contributed by atoms with E-state index < -0.39 is 0 Å². The van der Waals surface area contributed by atoms with Gasteiger partial charge in [0.2, 0.25) is 0 Å². The highest BCUT2D eigenvalue weighted by molar-refractivity contribution is 4.88. The second kappa shape index (κ2) is 4.35. The van der Waals surface area contributed by atoms with Crippen LogP contribution in [0.5, 0.6) is 0 Å². The van der Waals surface area contributed by atoms with E-state index in [2.05, 4.69) is 43.2 Å². The first-order chi connectivity index (χ1) is 6.15. The first-order valence-corrected chi connectivity index (χ1v) is 4.91. The van der Waals surface area contributed by atoms with Crippen molar-refractivity contribution in [3.05, 3.63) is 5.82 Å². The van der Waals surface area contributed by atoms with Gasteiger partial charge in [-0.1, -0.05) is 34.1 Å². The van der Waals surface area contributed by atoms with Gasteiger partial charge < -0.3 is 0 Å². The van der Waals surface area contributed by atoms with Crippen molar-refractivity contribution in [2.75, 3.05) is 0 Å². The number of tetrazole rings is 1. The zero-order valence-electron chi connectivity index (χ0n) is 8.86. The number of rotatable bonds is 4. The molecule has 13 heavy (non-hydrogen) atoms. The molecule has 0 saturated carbocycles. The minimum Gasteiger partial charge on any atom is -0.229 e. The third kappa shape index (κ3) is 2.50. The second-order valence-corrected chi connectivity index (χ2v) is 3.89. The normalized spacial score (nSPS) is 13.6. The summed E-state index contributed by atoms with van der Waals surface area (Å²) in [5.41, 5.74) is 0. The fraction of sp³-hybridized carbons (Fsp3) is 0.889. The van der Waals surface area contributed by atoms with Crippen molar-refractivity contribution in [3.63, 3.8) is 0 Å². The maximum atomic E-state index is 4.00. The zero-order valence-corrected chi connectivity index (χ0v) is 8.86. The minimum absolute atomic E-state index is 0.402. The quantitative estimate of drug-likeness (QED) is 0.713. The van der Waals surface area contributed by atoms with Crippen molar-refractivity contribution < 1.29 is 0 Å². The number of nitrogens with zero attached hydrogens (tertiary/aromatic N) is 4. The highest BCUT2D eigenvalue weighted by atomic mass is 15.5. The Morgan fingerprint density at radius 3 is 2.54 bits per heavy atom. The number of hydrogen-bond donors (Lipinski definition) is 0. The molecule has 0 spiro atoms. The van der Waals surface area contributed by atoms with Crippen LogP contribution < -0.4 is 0 Å². The molecule has 4 nitrogen and oxygen atoms in total. The molecule has 0 aliphatic heterocycles. The van der Waals surface area contributed by atoms with E-state index in [1.54, 1.807) is 0 Å². The lowest BCUT2D eigenvalue weighted by molar-refractivity contribution is 0.416. The van der Waals surface area contributed by atoms with E-state index in [0.717, 1.165) is 18.8 Å². The van der Waals surface area contributed by atoms with Gasteiger partial charge in [0, 0.05) is 12.5 Å². The van der Waals surface area contributed by atoms with E-state index in [1.807, 2.05) is 4.68 Å². The first kappa shape index (κ1) is 10.2. The van der Waals surface area contributed by atoms with Crippen LogP contribution in [0.2, 0.25) is 0 Å². The summed E-state index contributed by atoms with van der Waals surface area (Å²) in [5.74, 6) is 2.03. The van der Waals surface area contributed by atoms with Crippen molar-refractivity contribution >= 4 is 0 Å². The smallest absolute Gasteiger partial charge is 0.153 e. The summed E-state index contributed by atoms with van der Waals surface area (Å²) < 4.78 is 1.92. The highest BCUT2D eigenvalue weighted by Gasteiger charge is 2.11. The lowest BCUT2D eigenvalue weighted by Crippen LogP contribution is -2.12. The van der Waals surface area contributed by atoms with Crippen LogP contribution in [-0.2, 0) is 6.54 Å². The maximum Gasteiger partial charge on any atom is 0.153 e. The topological polar surface area (TPSA) is 43.6 Å². The van der Waals surface area contributed by atoms with Crippen LogP contribution in [0.3, 0.4) is 0 Å². The predicted octanol–water partition coefficient (Wildman–Crippen LogP) is 1.84. The molecule has 0 aliphatic carbocycles. The van der Waals surface area contributed by atoms with E-state index in [-0.39, 0.29) is 0 Å². The average Bonchev–Trinajstić information content (AvgIpc) is 2.52. The first-order valence-electron chi connectivity index (χ1n) is 4.91. The summed E-state index contributed by atoms with van der Waals surface area (Å²) in [6.45, 7) is 9.55. The van der Waals surface area contributed by atoms with Gasteiger partial charge in [0.15, 0.2) is 5.82 Å². The molecule has 0 saturated heterocycles. The Morgan fingerprint density at radius 2 is 2.00 bits per heavy atom. The van der Waals surface area contributed by atoms with Gasteiger partial charge >= 0.3 is 0 Å². The fourth-order valence-corrected chi connectivity index (χ4v) is 1.18. The van der Waals surface area contributed by atoms with Gasteiger partial charge in [-0.2, -0.15) is 0 Å². The molecule has 1 aromatic rings.